The number of rotatable bonds is 2. The molecule has 2 nitrogen and oxygen atoms in total. The molecule has 1 aromatic heterocycles. The Labute approximate surface area is 101 Å². The molecule has 76 valence electrons. The lowest BCUT2D eigenvalue weighted by Gasteiger charge is -2.02. The summed E-state index contributed by atoms with van der Waals surface area (Å²) in [5, 5.41) is 2.39. The van der Waals surface area contributed by atoms with Crippen molar-refractivity contribution < 1.29 is 4.79 Å². The summed E-state index contributed by atoms with van der Waals surface area (Å²) in [4.78, 5) is 11.9. The minimum absolute atomic E-state index is 0.205. The molecule has 0 aliphatic carbocycles. The maximum absolute atomic E-state index is 11.9. The van der Waals surface area contributed by atoms with Crippen molar-refractivity contribution in [3.05, 3.63) is 50.9 Å². The van der Waals surface area contributed by atoms with E-state index < -0.39 is 0 Å². The van der Waals surface area contributed by atoms with Crippen molar-refractivity contribution in [1.82, 2.24) is 4.37 Å². The molecule has 0 amide bonds. The molecular formula is C10H5Cl2NOS. The number of ketones is 1. The number of aromatic nitrogens is 1. The second kappa shape index (κ2) is 4.31. The van der Waals surface area contributed by atoms with Gasteiger partial charge in [0, 0.05) is 10.9 Å². The van der Waals surface area contributed by atoms with Crippen LogP contribution in [0.4, 0.5) is 0 Å². The van der Waals surface area contributed by atoms with E-state index in [0.717, 1.165) is 0 Å². The third kappa shape index (κ3) is 2.04. The number of carbonyl (C=O) groups excluding carboxylic acids is 1. The number of hydrogen-bond acceptors (Lipinski definition) is 3. The predicted molar refractivity (Wildman–Crippen MR) is 62.0 cm³/mol. The molecule has 0 atom stereocenters. The molecule has 0 radical (unpaired) electrons. The van der Waals surface area contributed by atoms with Gasteiger partial charge in [-0.05, 0) is 29.7 Å². The van der Waals surface area contributed by atoms with Crippen LogP contribution in [0.5, 0.6) is 0 Å². The van der Waals surface area contributed by atoms with Crippen molar-refractivity contribution in [1.29, 1.82) is 0 Å². The lowest BCUT2D eigenvalue weighted by Crippen LogP contribution is -2.02. The highest BCUT2D eigenvalue weighted by Crippen LogP contribution is 2.27. The first-order chi connectivity index (χ1) is 7.20. The van der Waals surface area contributed by atoms with Crippen LogP contribution in [-0.2, 0) is 0 Å². The maximum atomic E-state index is 11.9. The van der Waals surface area contributed by atoms with Gasteiger partial charge >= 0.3 is 0 Å². The quantitative estimate of drug-likeness (QED) is 0.769. The van der Waals surface area contributed by atoms with Crippen LogP contribution in [0.3, 0.4) is 0 Å². The third-order valence-electron chi connectivity index (χ3n) is 1.87. The molecule has 2 aromatic rings. The van der Waals surface area contributed by atoms with Gasteiger partial charge in [0.25, 0.3) is 0 Å². The maximum Gasteiger partial charge on any atom is 0.213 e. The van der Waals surface area contributed by atoms with E-state index in [9.17, 15) is 4.79 Å². The summed E-state index contributed by atoms with van der Waals surface area (Å²) in [6.07, 6.45) is 0. The standard InChI is InChI=1S/C10H5Cl2NOS/c11-7-3-1-2-6(9(7)12)10(14)8-4-5-15-13-8/h1-5H. The van der Waals surface area contributed by atoms with E-state index in [0.29, 0.717) is 16.3 Å². The molecule has 1 heterocycles. The number of carbonyl (C=O) groups is 1. The lowest BCUT2D eigenvalue weighted by molar-refractivity contribution is 0.103. The Bertz CT molecular complexity index is 496. The predicted octanol–water partition coefficient (Wildman–Crippen LogP) is 3.68. The van der Waals surface area contributed by atoms with E-state index in [1.807, 2.05) is 0 Å². The summed E-state index contributed by atoms with van der Waals surface area (Å²) >= 11 is 13.0. The van der Waals surface area contributed by atoms with Gasteiger partial charge in [0.05, 0.1) is 10.0 Å². The molecule has 0 aliphatic heterocycles. The summed E-state index contributed by atoms with van der Waals surface area (Å²) in [6.45, 7) is 0. The molecule has 0 N–H and O–H groups in total. The van der Waals surface area contributed by atoms with Crippen LogP contribution in [0, 0.1) is 0 Å². The van der Waals surface area contributed by atoms with E-state index in [-0.39, 0.29) is 10.8 Å². The third-order valence-corrected chi connectivity index (χ3v) is 3.25. The highest BCUT2D eigenvalue weighted by Gasteiger charge is 2.15. The second-order valence-corrected chi connectivity index (χ2v) is 4.27. The van der Waals surface area contributed by atoms with E-state index in [1.54, 1.807) is 29.6 Å². The second-order valence-electron chi connectivity index (χ2n) is 2.82. The molecule has 0 saturated carbocycles. The molecule has 0 bridgehead atoms. The summed E-state index contributed by atoms with van der Waals surface area (Å²) in [7, 11) is 0. The zero-order valence-corrected chi connectivity index (χ0v) is 9.73. The minimum atomic E-state index is -0.205. The van der Waals surface area contributed by atoms with Crippen LogP contribution < -0.4 is 0 Å². The Morgan fingerprint density at radius 1 is 1.27 bits per heavy atom. The molecular weight excluding hydrogens is 253 g/mol. The number of nitrogens with zero attached hydrogens (tertiary/aromatic N) is 1. The van der Waals surface area contributed by atoms with Gasteiger partial charge in [-0.1, -0.05) is 29.3 Å². The zero-order valence-electron chi connectivity index (χ0n) is 7.41. The topological polar surface area (TPSA) is 30.0 Å². The van der Waals surface area contributed by atoms with Crippen molar-refractivity contribution in [2.75, 3.05) is 0 Å². The molecule has 1 aromatic carbocycles. The summed E-state index contributed by atoms with van der Waals surface area (Å²) in [6, 6.07) is 6.62. The largest absolute Gasteiger partial charge is 0.287 e. The molecule has 0 spiro atoms. The minimum Gasteiger partial charge on any atom is -0.287 e. The molecule has 15 heavy (non-hydrogen) atoms. The summed E-state index contributed by atoms with van der Waals surface area (Å²) in [5.74, 6) is -0.205. The monoisotopic (exact) mass is 257 g/mol. The number of benzene rings is 1. The molecule has 0 aliphatic rings. The van der Waals surface area contributed by atoms with Gasteiger partial charge < -0.3 is 0 Å². The first-order valence-corrected chi connectivity index (χ1v) is 5.68. The average molecular weight is 258 g/mol. The van der Waals surface area contributed by atoms with Gasteiger partial charge in [0.15, 0.2) is 0 Å². The van der Waals surface area contributed by atoms with Crippen molar-refractivity contribution in [3.8, 4) is 0 Å². The van der Waals surface area contributed by atoms with Gasteiger partial charge in [-0.2, -0.15) is 4.37 Å². The van der Waals surface area contributed by atoms with Gasteiger partial charge in [0.1, 0.15) is 5.69 Å². The summed E-state index contributed by atoms with van der Waals surface area (Å²) in [5.41, 5.74) is 0.777. The first kappa shape index (κ1) is 10.6. The Kier molecular flexibility index (Phi) is 3.05. The van der Waals surface area contributed by atoms with Crippen LogP contribution in [0.15, 0.2) is 29.6 Å². The molecule has 0 unspecified atom stereocenters. The smallest absolute Gasteiger partial charge is 0.213 e. The van der Waals surface area contributed by atoms with E-state index in [2.05, 4.69) is 4.37 Å². The van der Waals surface area contributed by atoms with Crippen LogP contribution in [0.1, 0.15) is 16.1 Å². The SMILES string of the molecule is O=C(c1ccsn1)c1cccc(Cl)c1Cl. The molecule has 0 fully saturated rings. The van der Waals surface area contributed by atoms with Gasteiger partial charge in [0.2, 0.25) is 5.78 Å². The van der Waals surface area contributed by atoms with Crippen LogP contribution >= 0.6 is 34.7 Å². The Hall–Kier alpha value is -0.900. The number of hydrogen-bond donors (Lipinski definition) is 0. The Morgan fingerprint density at radius 3 is 2.73 bits per heavy atom. The fourth-order valence-corrected chi connectivity index (χ4v) is 2.04. The fourth-order valence-electron chi connectivity index (χ4n) is 1.15. The van der Waals surface area contributed by atoms with Crippen LogP contribution in [0.2, 0.25) is 10.0 Å². The van der Waals surface area contributed by atoms with Crippen LogP contribution in [0.25, 0.3) is 0 Å². The Balaban J connectivity index is 2.47. The van der Waals surface area contributed by atoms with Crippen LogP contribution in [-0.4, -0.2) is 10.2 Å². The highest BCUT2D eigenvalue weighted by atomic mass is 35.5. The average Bonchev–Trinajstić information content (AvgIpc) is 2.74. The summed E-state index contributed by atoms with van der Waals surface area (Å²) < 4.78 is 3.95. The van der Waals surface area contributed by atoms with Gasteiger partial charge in [-0.25, -0.2) is 0 Å². The van der Waals surface area contributed by atoms with E-state index >= 15 is 0 Å². The molecule has 5 heteroatoms. The van der Waals surface area contributed by atoms with Crippen molar-refractivity contribution in [3.63, 3.8) is 0 Å². The zero-order chi connectivity index (χ0) is 10.8. The number of halogens is 2. The van der Waals surface area contributed by atoms with E-state index in [1.165, 1.54) is 11.5 Å². The Morgan fingerprint density at radius 2 is 2.07 bits per heavy atom. The van der Waals surface area contributed by atoms with E-state index in [4.69, 9.17) is 23.2 Å². The normalized spacial score (nSPS) is 10.3. The lowest BCUT2D eigenvalue weighted by atomic mass is 10.1. The van der Waals surface area contributed by atoms with Crippen molar-refractivity contribution >= 4 is 40.5 Å². The van der Waals surface area contributed by atoms with Gasteiger partial charge in [-0.3, -0.25) is 4.79 Å². The highest BCUT2D eigenvalue weighted by molar-refractivity contribution is 7.03. The van der Waals surface area contributed by atoms with Gasteiger partial charge in [-0.15, -0.1) is 0 Å². The molecule has 0 saturated heterocycles. The fraction of sp³-hybridized carbons (Fsp3) is 0. The first-order valence-electron chi connectivity index (χ1n) is 4.09. The van der Waals surface area contributed by atoms with Crippen molar-refractivity contribution in [2.45, 2.75) is 0 Å². The molecule has 2 rings (SSSR count). The van der Waals surface area contributed by atoms with Crippen molar-refractivity contribution in [2.24, 2.45) is 0 Å².